The van der Waals surface area contributed by atoms with E-state index in [1.54, 1.807) is 11.0 Å². The van der Waals surface area contributed by atoms with Crippen LogP contribution in [0, 0.1) is 11.8 Å². The Morgan fingerprint density at radius 3 is 2.41 bits per heavy atom. The first-order valence-corrected chi connectivity index (χ1v) is 10.3. The van der Waals surface area contributed by atoms with Crippen molar-refractivity contribution in [3.8, 4) is 0 Å². The molecule has 1 aromatic carbocycles. The van der Waals surface area contributed by atoms with E-state index in [9.17, 15) is 9.59 Å². The van der Waals surface area contributed by atoms with Crippen molar-refractivity contribution in [3.05, 3.63) is 42.0 Å². The van der Waals surface area contributed by atoms with Gasteiger partial charge in [0.25, 0.3) is 0 Å². The standard InChI is InChI=1S/C24H35NO4/c1-8-17-10-9-11-18(14-17)15-20(21(26)28-23(2,3)4)19-12-13-25(16-19)22(27)29-24(5,6)7/h8-11,14,19-20H,1,12-13,15-16H2,2-7H3/t19-,20+/m0/s1. The lowest BCUT2D eigenvalue weighted by molar-refractivity contribution is -0.161. The molecule has 1 fully saturated rings. The molecule has 0 N–H and O–H groups in total. The molecule has 0 saturated carbocycles. The summed E-state index contributed by atoms with van der Waals surface area (Å²) in [5, 5.41) is 0. The van der Waals surface area contributed by atoms with Gasteiger partial charge in [-0.1, -0.05) is 36.9 Å². The number of carbonyl (C=O) groups excluding carboxylic acids is 2. The molecule has 2 rings (SSSR count). The van der Waals surface area contributed by atoms with Gasteiger partial charge in [-0.3, -0.25) is 4.79 Å². The second-order valence-electron chi connectivity index (χ2n) is 9.77. The summed E-state index contributed by atoms with van der Waals surface area (Å²) in [6, 6.07) is 8.02. The Labute approximate surface area is 175 Å². The van der Waals surface area contributed by atoms with Gasteiger partial charge in [-0.15, -0.1) is 0 Å². The molecule has 1 amide bonds. The minimum absolute atomic E-state index is 0.0322. The van der Waals surface area contributed by atoms with E-state index in [0.717, 1.165) is 17.5 Å². The number of rotatable bonds is 5. The van der Waals surface area contributed by atoms with Crippen molar-refractivity contribution in [1.29, 1.82) is 0 Å². The lowest BCUT2D eigenvalue weighted by atomic mass is 9.85. The second kappa shape index (κ2) is 9.02. The van der Waals surface area contributed by atoms with Gasteiger partial charge >= 0.3 is 12.1 Å². The van der Waals surface area contributed by atoms with Crippen LogP contribution in [0.2, 0.25) is 0 Å². The molecule has 0 aliphatic carbocycles. The van der Waals surface area contributed by atoms with Crippen LogP contribution >= 0.6 is 0 Å². The van der Waals surface area contributed by atoms with Crippen LogP contribution in [0.3, 0.4) is 0 Å². The van der Waals surface area contributed by atoms with Gasteiger partial charge in [-0.25, -0.2) is 4.79 Å². The van der Waals surface area contributed by atoms with E-state index < -0.39 is 11.2 Å². The molecule has 1 aliphatic heterocycles. The number of benzene rings is 1. The summed E-state index contributed by atoms with van der Waals surface area (Å²) in [5.74, 6) is -0.496. The van der Waals surface area contributed by atoms with Crippen molar-refractivity contribution >= 4 is 18.1 Å². The maximum Gasteiger partial charge on any atom is 0.410 e. The minimum Gasteiger partial charge on any atom is -0.460 e. The Morgan fingerprint density at radius 2 is 1.83 bits per heavy atom. The molecular weight excluding hydrogens is 366 g/mol. The van der Waals surface area contributed by atoms with Crippen LogP contribution in [0.25, 0.3) is 6.08 Å². The highest BCUT2D eigenvalue weighted by Gasteiger charge is 2.39. The molecule has 1 aromatic rings. The molecule has 0 unspecified atom stereocenters. The van der Waals surface area contributed by atoms with Crippen molar-refractivity contribution in [2.24, 2.45) is 11.8 Å². The molecule has 0 aromatic heterocycles. The third-order valence-electron chi connectivity index (χ3n) is 4.80. The SMILES string of the molecule is C=Cc1cccc(C[C@@H](C(=O)OC(C)(C)C)[C@H]2CCN(C(=O)OC(C)(C)C)C2)c1. The zero-order chi connectivity index (χ0) is 21.8. The van der Waals surface area contributed by atoms with Crippen LogP contribution in [-0.2, 0) is 20.7 Å². The normalized spacial score (nSPS) is 18.3. The third kappa shape index (κ3) is 7.22. The number of likely N-dealkylation sites (tertiary alicyclic amines) is 1. The summed E-state index contributed by atoms with van der Waals surface area (Å²) in [6.45, 7) is 16.1. The van der Waals surface area contributed by atoms with Crippen molar-refractivity contribution in [2.75, 3.05) is 13.1 Å². The summed E-state index contributed by atoms with van der Waals surface area (Å²) < 4.78 is 11.2. The van der Waals surface area contributed by atoms with E-state index >= 15 is 0 Å². The monoisotopic (exact) mass is 401 g/mol. The predicted octanol–water partition coefficient (Wildman–Crippen LogP) is 5.09. The Kier molecular flexibility index (Phi) is 7.15. The zero-order valence-corrected chi connectivity index (χ0v) is 18.7. The van der Waals surface area contributed by atoms with Crippen molar-refractivity contribution < 1.29 is 19.1 Å². The Bertz CT molecular complexity index is 742. The lowest BCUT2D eigenvalue weighted by Crippen LogP contribution is -2.38. The van der Waals surface area contributed by atoms with Gasteiger partial charge in [0.1, 0.15) is 11.2 Å². The molecule has 5 nitrogen and oxygen atoms in total. The number of nitrogens with zero attached hydrogens (tertiary/aromatic N) is 1. The molecular formula is C24H35NO4. The highest BCUT2D eigenvalue weighted by Crippen LogP contribution is 2.30. The second-order valence-corrected chi connectivity index (χ2v) is 9.77. The fraction of sp³-hybridized carbons (Fsp3) is 0.583. The number of ether oxygens (including phenoxy) is 2. The van der Waals surface area contributed by atoms with E-state index in [2.05, 4.69) is 6.58 Å². The fourth-order valence-corrected chi connectivity index (χ4v) is 3.53. The van der Waals surface area contributed by atoms with Gasteiger partial charge in [0, 0.05) is 13.1 Å². The van der Waals surface area contributed by atoms with Crippen molar-refractivity contribution in [3.63, 3.8) is 0 Å². The molecule has 29 heavy (non-hydrogen) atoms. The van der Waals surface area contributed by atoms with E-state index in [0.29, 0.717) is 19.5 Å². The lowest BCUT2D eigenvalue weighted by Gasteiger charge is -2.28. The van der Waals surface area contributed by atoms with Crippen LogP contribution in [0.1, 0.15) is 59.1 Å². The van der Waals surface area contributed by atoms with Crippen LogP contribution in [0.15, 0.2) is 30.8 Å². The zero-order valence-electron chi connectivity index (χ0n) is 18.7. The summed E-state index contributed by atoms with van der Waals surface area (Å²) in [7, 11) is 0. The van der Waals surface area contributed by atoms with Gasteiger partial charge in [-0.2, -0.15) is 0 Å². The van der Waals surface area contributed by atoms with Gasteiger partial charge < -0.3 is 14.4 Å². The average Bonchev–Trinajstić information content (AvgIpc) is 3.06. The molecule has 0 spiro atoms. The molecule has 1 saturated heterocycles. The third-order valence-corrected chi connectivity index (χ3v) is 4.80. The number of esters is 1. The van der Waals surface area contributed by atoms with Crippen LogP contribution in [-0.4, -0.2) is 41.3 Å². The van der Waals surface area contributed by atoms with E-state index in [1.165, 1.54) is 0 Å². The van der Waals surface area contributed by atoms with Gasteiger partial charge in [0.2, 0.25) is 0 Å². The fourth-order valence-electron chi connectivity index (χ4n) is 3.53. The molecule has 1 heterocycles. The molecule has 160 valence electrons. The summed E-state index contributed by atoms with van der Waals surface area (Å²) >= 11 is 0. The van der Waals surface area contributed by atoms with Crippen LogP contribution in [0.4, 0.5) is 4.79 Å². The van der Waals surface area contributed by atoms with Crippen molar-refractivity contribution in [2.45, 2.75) is 65.6 Å². The van der Waals surface area contributed by atoms with Gasteiger partial charge in [-0.05, 0) is 71.4 Å². The summed E-state index contributed by atoms with van der Waals surface area (Å²) in [6.07, 6.45) is 2.80. The largest absolute Gasteiger partial charge is 0.460 e. The molecule has 5 heteroatoms. The number of amides is 1. The minimum atomic E-state index is -0.554. The van der Waals surface area contributed by atoms with E-state index in [1.807, 2.05) is 65.8 Å². The van der Waals surface area contributed by atoms with Crippen LogP contribution < -0.4 is 0 Å². The maximum absolute atomic E-state index is 13.0. The molecule has 1 aliphatic rings. The molecule has 2 atom stereocenters. The van der Waals surface area contributed by atoms with Crippen LogP contribution in [0.5, 0.6) is 0 Å². The predicted molar refractivity (Wildman–Crippen MR) is 115 cm³/mol. The smallest absolute Gasteiger partial charge is 0.410 e. The Balaban J connectivity index is 2.18. The number of hydrogen-bond acceptors (Lipinski definition) is 4. The Hall–Kier alpha value is -2.30. The van der Waals surface area contributed by atoms with E-state index in [4.69, 9.17) is 9.47 Å². The molecule has 0 bridgehead atoms. The first-order chi connectivity index (χ1) is 13.4. The van der Waals surface area contributed by atoms with Gasteiger partial charge in [0.05, 0.1) is 5.92 Å². The maximum atomic E-state index is 13.0. The summed E-state index contributed by atoms with van der Waals surface area (Å²) in [4.78, 5) is 27.2. The molecule has 0 radical (unpaired) electrons. The quantitative estimate of drug-likeness (QED) is 0.645. The summed E-state index contributed by atoms with van der Waals surface area (Å²) in [5.41, 5.74) is 0.994. The average molecular weight is 402 g/mol. The number of carbonyl (C=O) groups is 2. The first-order valence-electron chi connectivity index (χ1n) is 10.3. The first kappa shape index (κ1) is 23.0. The highest BCUT2D eigenvalue weighted by atomic mass is 16.6. The number of hydrogen-bond donors (Lipinski definition) is 0. The van der Waals surface area contributed by atoms with Gasteiger partial charge in [0.15, 0.2) is 0 Å². The highest BCUT2D eigenvalue weighted by molar-refractivity contribution is 5.74. The van der Waals surface area contributed by atoms with E-state index in [-0.39, 0.29) is 23.9 Å². The van der Waals surface area contributed by atoms with Crippen molar-refractivity contribution in [1.82, 2.24) is 4.90 Å². The topological polar surface area (TPSA) is 55.8 Å². The Morgan fingerprint density at radius 1 is 1.17 bits per heavy atom.